The Hall–Kier alpha value is -1.16. The summed E-state index contributed by atoms with van der Waals surface area (Å²) < 4.78 is 0. The van der Waals surface area contributed by atoms with E-state index in [-0.39, 0.29) is 18.6 Å². The normalized spacial score (nSPS) is 16.9. The van der Waals surface area contributed by atoms with Crippen LogP contribution < -0.4 is 0 Å². The number of carbonyl (C=O) groups excluding carboxylic acids is 1. The van der Waals surface area contributed by atoms with Crippen LogP contribution in [0.1, 0.15) is 110 Å². The highest BCUT2D eigenvalue weighted by molar-refractivity contribution is 6.00. The van der Waals surface area contributed by atoms with Gasteiger partial charge >= 0.3 is 0 Å². The molecule has 0 aliphatic carbocycles. The zero-order chi connectivity index (χ0) is 20.5. The fraction of sp³-hybridized carbons (Fsp3) is 0.833. The van der Waals surface area contributed by atoms with Gasteiger partial charge in [-0.05, 0) is 38.5 Å². The van der Waals surface area contributed by atoms with Crippen LogP contribution in [0.2, 0.25) is 0 Å². The van der Waals surface area contributed by atoms with Crippen LogP contribution in [0.15, 0.2) is 17.1 Å². The number of aliphatic imine (C=N–C) groups is 1. The number of hydrogen-bond acceptors (Lipinski definition) is 3. The molecule has 0 saturated heterocycles. The van der Waals surface area contributed by atoms with Crippen molar-refractivity contribution in [2.24, 2.45) is 4.99 Å². The van der Waals surface area contributed by atoms with E-state index in [4.69, 9.17) is 0 Å². The van der Waals surface area contributed by atoms with Gasteiger partial charge in [0.2, 0.25) is 5.91 Å². The SMILES string of the molecule is CCCCCCCC/C=C\CCCCCCCC(=O)N1CC(CC)N=C1CO. The molecule has 0 aromatic rings. The van der Waals surface area contributed by atoms with Crippen molar-refractivity contribution >= 4 is 11.7 Å². The average molecular weight is 393 g/mol. The van der Waals surface area contributed by atoms with Crippen molar-refractivity contribution in [2.75, 3.05) is 13.2 Å². The number of amidine groups is 1. The van der Waals surface area contributed by atoms with Gasteiger partial charge in [-0.25, -0.2) is 0 Å². The number of allylic oxidation sites excluding steroid dienone is 2. The van der Waals surface area contributed by atoms with E-state index in [2.05, 4.69) is 31.0 Å². The number of amides is 1. The summed E-state index contributed by atoms with van der Waals surface area (Å²) in [6, 6.07) is 0.167. The minimum absolute atomic E-state index is 0.126. The Bertz CT molecular complexity index is 460. The van der Waals surface area contributed by atoms with Crippen LogP contribution in [0.3, 0.4) is 0 Å². The van der Waals surface area contributed by atoms with Crippen molar-refractivity contribution in [2.45, 2.75) is 116 Å². The van der Waals surface area contributed by atoms with Gasteiger partial charge in [-0.2, -0.15) is 0 Å². The zero-order valence-electron chi connectivity index (χ0n) is 18.5. The largest absolute Gasteiger partial charge is 0.388 e. The molecule has 1 rings (SSSR count). The standard InChI is InChI=1S/C24H44N2O2/c1-3-5-6-7-8-9-10-11-12-13-14-15-16-17-18-19-24(28)26-20-22(4-2)25-23(26)21-27/h11-12,22,27H,3-10,13-21H2,1-2H3/b12-11-. The second-order valence-electron chi connectivity index (χ2n) is 8.10. The molecule has 1 aliphatic heterocycles. The first-order valence-electron chi connectivity index (χ1n) is 11.9. The first-order valence-corrected chi connectivity index (χ1v) is 11.9. The summed E-state index contributed by atoms with van der Waals surface area (Å²) in [5, 5.41) is 9.37. The molecule has 4 nitrogen and oxygen atoms in total. The van der Waals surface area contributed by atoms with Crippen molar-refractivity contribution in [1.29, 1.82) is 0 Å². The number of rotatable bonds is 17. The lowest BCUT2D eigenvalue weighted by Crippen LogP contribution is -2.36. The van der Waals surface area contributed by atoms with Crippen molar-refractivity contribution in [3.63, 3.8) is 0 Å². The second kappa shape index (κ2) is 16.8. The fourth-order valence-corrected chi connectivity index (χ4v) is 3.71. The molecule has 162 valence electrons. The van der Waals surface area contributed by atoms with E-state index < -0.39 is 0 Å². The third-order valence-corrected chi connectivity index (χ3v) is 5.60. The Kier molecular flexibility index (Phi) is 14.9. The summed E-state index contributed by atoms with van der Waals surface area (Å²) >= 11 is 0. The van der Waals surface area contributed by atoms with Gasteiger partial charge in [-0.3, -0.25) is 14.7 Å². The molecule has 0 fully saturated rings. The summed E-state index contributed by atoms with van der Waals surface area (Å²) in [6.07, 6.45) is 22.6. The molecule has 1 N–H and O–H groups in total. The van der Waals surface area contributed by atoms with E-state index in [9.17, 15) is 9.90 Å². The van der Waals surface area contributed by atoms with E-state index in [0.29, 0.717) is 18.8 Å². The Morgan fingerprint density at radius 1 is 0.964 bits per heavy atom. The molecule has 0 radical (unpaired) electrons. The first kappa shape index (κ1) is 24.9. The van der Waals surface area contributed by atoms with Gasteiger partial charge in [0, 0.05) is 13.0 Å². The second-order valence-corrected chi connectivity index (χ2v) is 8.10. The van der Waals surface area contributed by atoms with Crippen molar-refractivity contribution < 1.29 is 9.90 Å². The summed E-state index contributed by atoms with van der Waals surface area (Å²) in [4.78, 5) is 18.4. The maximum absolute atomic E-state index is 12.3. The van der Waals surface area contributed by atoms with Crippen LogP contribution in [-0.4, -0.2) is 40.9 Å². The molecular weight excluding hydrogens is 348 g/mol. The Morgan fingerprint density at radius 3 is 2.11 bits per heavy atom. The predicted octanol–water partition coefficient (Wildman–Crippen LogP) is 6.04. The monoisotopic (exact) mass is 392 g/mol. The third-order valence-electron chi connectivity index (χ3n) is 5.60. The van der Waals surface area contributed by atoms with Crippen LogP contribution in [-0.2, 0) is 4.79 Å². The number of hydrogen-bond donors (Lipinski definition) is 1. The summed E-state index contributed by atoms with van der Waals surface area (Å²) in [5.74, 6) is 0.686. The molecule has 1 unspecified atom stereocenters. The number of aliphatic hydroxyl groups excluding tert-OH is 1. The molecule has 1 amide bonds. The molecule has 1 aliphatic rings. The topological polar surface area (TPSA) is 52.9 Å². The number of nitrogens with zero attached hydrogens (tertiary/aromatic N) is 2. The lowest BCUT2D eigenvalue weighted by molar-refractivity contribution is -0.127. The lowest BCUT2D eigenvalue weighted by Gasteiger charge is -2.17. The van der Waals surface area contributed by atoms with Gasteiger partial charge < -0.3 is 5.11 Å². The Balaban J connectivity index is 1.93. The van der Waals surface area contributed by atoms with Crippen LogP contribution in [0.5, 0.6) is 0 Å². The van der Waals surface area contributed by atoms with Crippen molar-refractivity contribution in [1.82, 2.24) is 4.90 Å². The van der Waals surface area contributed by atoms with E-state index in [1.165, 1.54) is 70.6 Å². The van der Waals surface area contributed by atoms with E-state index in [1.807, 2.05) is 0 Å². The molecule has 0 saturated carbocycles. The number of carbonyl (C=O) groups is 1. The van der Waals surface area contributed by atoms with Crippen molar-refractivity contribution in [3.8, 4) is 0 Å². The number of unbranched alkanes of at least 4 members (excludes halogenated alkanes) is 11. The van der Waals surface area contributed by atoms with Crippen LogP contribution >= 0.6 is 0 Å². The van der Waals surface area contributed by atoms with Gasteiger partial charge in [-0.15, -0.1) is 0 Å². The summed E-state index contributed by atoms with van der Waals surface area (Å²) in [5.41, 5.74) is 0. The molecule has 1 heterocycles. The maximum atomic E-state index is 12.3. The van der Waals surface area contributed by atoms with Gasteiger partial charge in [0.05, 0.1) is 6.04 Å². The molecule has 0 aromatic heterocycles. The van der Waals surface area contributed by atoms with Crippen LogP contribution in [0.25, 0.3) is 0 Å². The zero-order valence-corrected chi connectivity index (χ0v) is 18.5. The lowest BCUT2D eigenvalue weighted by atomic mass is 10.1. The minimum atomic E-state index is -0.130. The average Bonchev–Trinajstić information content (AvgIpc) is 3.14. The first-order chi connectivity index (χ1) is 13.7. The van der Waals surface area contributed by atoms with Crippen molar-refractivity contribution in [3.05, 3.63) is 12.2 Å². The quantitative estimate of drug-likeness (QED) is 0.242. The van der Waals surface area contributed by atoms with Crippen LogP contribution in [0.4, 0.5) is 0 Å². The molecule has 4 heteroatoms. The molecular formula is C24H44N2O2. The van der Waals surface area contributed by atoms with Gasteiger partial charge in [-0.1, -0.05) is 77.4 Å². The predicted molar refractivity (Wildman–Crippen MR) is 120 cm³/mol. The van der Waals surface area contributed by atoms with E-state index >= 15 is 0 Å². The highest BCUT2D eigenvalue weighted by Gasteiger charge is 2.27. The smallest absolute Gasteiger partial charge is 0.228 e. The fourth-order valence-electron chi connectivity index (χ4n) is 3.71. The summed E-state index contributed by atoms with van der Waals surface area (Å²) in [7, 11) is 0. The van der Waals surface area contributed by atoms with E-state index in [1.54, 1.807) is 4.90 Å². The molecule has 0 aromatic carbocycles. The van der Waals surface area contributed by atoms with Gasteiger partial charge in [0.25, 0.3) is 0 Å². The van der Waals surface area contributed by atoms with Gasteiger partial charge in [0.1, 0.15) is 12.4 Å². The molecule has 1 atom stereocenters. The maximum Gasteiger partial charge on any atom is 0.228 e. The summed E-state index contributed by atoms with van der Waals surface area (Å²) in [6.45, 7) is 4.85. The Labute approximate surface area is 173 Å². The third kappa shape index (κ3) is 11.0. The molecule has 0 spiro atoms. The highest BCUT2D eigenvalue weighted by Crippen LogP contribution is 2.15. The molecule has 0 bridgehead atoms. The number of aliphatic hydroxyl groups is 1. The minimum Gasteiger partial charge on any atom is -0.388 e. The highest BCUT2D eigenvalue weighted by atomic mass is 16.3. The molecule has 28 heavy (non-hydrogen) atoms. The van der Waals surface area contributed by atoms with Gasteiger partial charge in [0.15, 0.2) is 0 Å². The Morgan fingerprint density at radius 2 is 1.54 bits per heavy atom. The van der Waals surface area contributed by atoms with Crippen LogP contribution in [0, 0.1) is 0 Å². The van der Waals surface area contributed by atoms with E-state index in [0.717, 1.165) is 19.3 Å².